The van der Waals surface area contributed by atoms with Crippen molar-refractivity contribution < 1.29 is 0 Å². The highest BCUT2D eigenvalue weighted by Gasteiger charge is 2.13. The minimum absolute atomic E-state index is 0.583. The Labute approximate surface area is 101 Å². The molecule has 0 amide bonds. The molecule has 17 heavy (non-hydrogen) atoms. The van der Waals surface area contributed by atoms with Gasteiger partial charge < -0.3 is 4.57 Å². The van der Waals surface area contributed by atoms with Crippen LogP contribution in [0, 0.1) is 32.1 Å². The van der Waals surface area contributed by atoms with Crippen molar-refractivity contribution in [1.29, 1.82) is 5.26 Å². The van der Waals surface area contributed by atoms with Gasteiger partial charge >= 0.3 is 0 Å². The number of nitrogens with zero attached hydrogens (tertiary/aromatic N) is 3. The molecule has 1 heterocycles. The van der Waals surface area contributed by atoms with Gasteiger partial charge in [0.05, 0.1) is 6.20 Å². The molecule has 0 aliphatic heterocycles. The Balaban J connectivity index is 2.69. The summed E-state index contributed by atoms with van der Waals surface area (Å²) in [6.45, 7) is 6.25. The smallest absolute Gasteiger partial charge is 0.141 e. The van der Waals surface area contributed by atoms with Gasteiger partial charge in [-0.2, -0.15) is 5.26 Å². The van der Waals surface area contributed by atoms with Crippen LogP contribution < -0.4 is 0 Å². The van der Waals surface area contributed by atoms with Gasteiger partial charge in [0.2, 0.25) is 0 Å². The van der Waals surface area contributed by atoms with Gasteiger partial charge in [0.15, 0.2) is 0 Å². The van der Waals surface area contributed by atoms with Crippen molar-refractivity contribution in [2.45, 2.75) is 20.8 Å². The molecule has 0 fully saturated rings. The molecule has 0 unspecified atom stereocenters. The first-order valence-electron chi connectivity index (χ1n) is 5.54. The fraction of sp³-hybridized carbons (Fsp3) is 0.286. The van der Waals surface area contributed by atoms with Crippen molar-refractivity contribution in [2.75, 3.05) is 0 Å². The highest BCUT2D eigenvalue weighted by molar-refractivity contribution is 5.66. The van der Waals surface area contributed by atoms with Crippen LogP contribution in [0.25, 0.3) is 11.4 Å². The monoisotopic (exact) mass is 225 g/mol. The Morgan fingerprint density at radius 3 is 2.24 bits per heavy atom. The van der Waals surface area contributed by atoms with Gasteiger partial charge in [-0.15, -0.1) is 0 Å². The highest BCUT2D eigenvalue weighted by Crippen LogP contribution is 2.27. The summed E-state index contributed by atoms with van der Waals surface area (Å²) >= 11 is 0. The predicted molar refractivity (Wildman–Crippen MR) is 67.6 cm³/mol. The van der Waals surface area contributed by atoms with E-state index in [4.69, 9.17) is 5.26 Å². The molecule has 2 rings (SSSR count). The maximum absolute atomic E-state index is 8.95. The van der Waals surface area contributed by atoms with E-state index in [-0.39, 0.29) is 0 Å². The largest absolute Gasteiger partial charge is 0.319 e. The maximum Gasteiger partial charge on any atom is 0.141 e. The molecule has 1 aromatic carbocycles. The van der Waals surface area contributed by atoms with Crippen molar-refractivity contribution in [3.05, 3.63) is 40.7 Å². The Bertz CT molecular complexity index is 592. The number of hydrogen-bond donors (Lipinski definition) is 0. The summed E-state index contributed by atoms with van der Waals surface area (Å²) in [4.78, 5) is 4.35. The quantitative estimate of drug-likeness (QED) is 0.748. The molecule has 0 bridgehead atoms. The van der Waals surface area contributed by atoms with Crippen molar-refractivity contribution in [3.63, 3.8) is 0 Å². The number of aromatic nitrogens is 2. The number of nitriles is 1. The van der Waals surface area contributed by atoms with Crippen LogP contribution in [-0.2, 0) is 7.05 Å². The summed E-state index contributed by atoms with van der Waals surface area (Å²) in [7, 11) is 1.87. The summed E-state index contributed by atoms with van der Waals surface area (Å²) in [5, 5.41) is 8.95. The van der Waals surface area contributed by atoms with E-state index < -0.39 is 0 Å². The molecule has 0 saturated heterocycles. The van der Waals surface area contributed by atoms with E-state index in [1.54, 1.807) is 6.20 Å². The average Bonchev–Trinajstić information content (AvgIpc) is 2.59. The molecule has 0 saturated carbocycles. The first-order chi connectivity index (χ1) is 8.04. The van der Waals surface area contributed by atoms with Gasteiger partial charge in [-0.1, -0.05) is 17.7 Å². The SMILES string of the molecule is Cc1cc(C)c(-c2ncc(C#N)n2C)c(C)c1. The molecule has 0 radical (unpaired) electrons. The first kappa shape index (κ1) is 11.4. The van der Waals surface area contributed by atoms with Crippen molar-refractivity contribution in [2.24, 2.45) is 7.05 Å². The van der Waals surface area contributed by atoms with Crippen molar-refractivity contribution >= 4 is 0 Å². The van der Waals surface area contributed by atoms with Crippen molar-refractivity contribution in [3.8, 4) is 17.5 Å². The topological polar surface area (TPSA) is 41.6 Å². The molecular formula is C14H15N3. The third-order valence-electron chi connectivity index (χ3n) is 3.00. The lowest BCUT2D eigenvalue weighted by atomic mass is 9.99. The molecule has 0 atom stereocenters. The third kappa shape index (κ3) is 1.83. The zero-order valence-corrected chi connectivity index (χ0v) is 10.6. The molecule has 3 heteroatoms. The van der Waals surface area contributed by atoms with E-state index >= 15 is 0 Å². The Morgan fingerprint density at radius 2 is 1.76 bits per heavy atom. The standard InChI is InChI=1S/C14H15N3/c1-9-5-10(2)13(11(3)6-9)14-16-8-12(7-15)17(14)4/h5-6,8H,1-4H3. The van der Waals surface area contributed by atoms with Gasteiger partial charge in [0.25, 0.3) is 0 Å². The zero-order valence-electron chi connectivity index (χ0n) is 10.6. The van der Waals surface area contributed by atoms with Crippen LogP contribution in [0.3, 0.4) is 0 Å². The number of imidazole rings is 1. The number of aryl methyl sites for hydroxylation is 3. The summed E-state index contributed by atoms with van der Waals surface area (Å²) < 4.78 is 1.84. The van der Waals surface area contributed by atoms with E-state index in [2.05, 4.69) is 44.0 Å². The fourth-order valence-electron chi connectivity index (χ4n) is 2.28. The van der Waals surface area contributed by atoms with Crippen LogP contribution in [-0.4, -0.2) is 9.55 Å². The minimum Gasteiger partial charge on any atom is -0.319 e. The first-order valence-corrected chi connectivity index (χ1v) is 5.54. The number of benzene rings is 1. The summed E-state index contributed by atoms with van der Waals surface area (Å²) in [6, 6.07) is 6.42. The summed E-state index contributed by atoms with van der Waals surface area (Å²) in [5.74, 6) is 0.858. The molecule has 0 N–H and O–H groups in total. The lowest BCUT2D eigenvalue weighted by Gasteiger charge is -2.11. The Morgan fingerprint density at radius 1 is 1.18 bits per heavy atom. The van der Waals surface area contributed by atoms with Gasteiger partial charge in [-0.05, 0) is 31.9 Å². The second-order valence-electron chi connectivity index (χ2n) is 4.41. The zero-order chi connectivity index (χ0) is 12.6. The van der Waals surface area contributed by atoms with Gasteiger partial charge in [0, 0.05) is 12.6 Å². The van der Waals surface area contributed by atoms with Crippen LogP contribution in [0.4, 0.5) is 0 Å². The second kappa shape index (κ2) is 4.06. The van der Waals surface area contributed by atoms with E-state index in [9.17, 15) is 0 Å². The molecule has 2 aromatic rings. The van der Waals surface area contributed by atoms with Crippen LogP contribution in [0.2, 0.25) is 0 Å². The normalized spacial score (nSPS) is 10.3. The van der Waals surface area contributed by atoms with Gasteiger partial charge in [-0.25, -0.2) is 4.98 Å². The molecule has 86 valence electrons. The average molecular weight is 225 g/mol. The lowest BCUT2D eigenvalue weighted by molar-refractivity contribution is 0.904. The van der Waals surface area contributed by atoms with Crippen LogP contribution in [0.1, 0.15) is 22.4 Å². The van der Waals surface area contributed by atoms with Crippen LogP contribution >= 0.6 is 0 Å². The third-order valence-corrected chi connectivity index (χ3v) is 3.00. The Kier molecular flexibility index (Phi) is 2.72. The van der Waals surface area contributed by atoms with Crippen LogP contribution in [0.5, 0.6) is 0 Å². The van der Waals surface area contributed by atoms with Gasteiger partial charge in [0.1, 0.15) is 17.6 Å². The molecule has 1 aromatic heterocycles. The van der Waals surface area contributed by atoms with Crippen LogP contribution in [0.15, 0.2) is 18.3 Å². The fourth-order valence-corrected chi connectivity index (χ4v) is 2.28. The highest BCUT2D eigenvalue weighted by atomic mass is 15.1. The predicted octanol–water partition coefficient (Wildman–Crippen LogP) is 2.88. The van der Waals surface area contributed by atoms with Crippen molar-refractivity contribution in [1.82, 2.24) is 9.55 Å². The molecule has 0 aliphatic rings. The molecule has 3 nitrogen and oxygen atoms in total. The second-order valence-corrected chi connectivity index (χ2v) is 4.41. The Hall–Kier alpha value is -2.08. The summed E-state index contributed by atoms with van der Waals surface area (Å²) in [5.41, 5.74) is 5.35. The maximum atomic E-state index is 8.95. The molecule has 0 aliphatic carbocycles. The lowest BCUT2D eigenvalue weighted by Crippen LogP contribution is -1.99. The van der Waals surface area contributed by atoms with E-state index in [1.807, 2.05) is 11.6 Å². The van der Waals surface area contributed by atoms with E-state index in [0.29, 0.717) is 5.69 Å². The minimum atomic E-state index is 0.583. The number of hydrogen-bond acceptors (Lipinski definition) is 2. The molecule has 0 spiro atoms. The van der Waals surface area contributed by atoms with E-state index in [0.717, 1.165) is 11.4 Å². The summed E-state index contributed by atoms with van der Waals surface area (Å²) in [6.07, 6.45) is 1.62. The van der Waals surface area contributed by atoms with E-state index in [1.165, 1.54) is 16.7 Å². The number of rotatable bonds is 1. The van der Waals surface area contributed by atoms with Gasteiger partial charge in [-0.3, -0.25) is 0 Å². The molecular weight excluding hydrogens is 210 g/mol.